The summed E-state index contributed by atoms with van der Waals surface area (Å²) in [4.78, 5) is 36.7. The lowest BCUT2D eigenvalue weighted by Crippen LogP contribution is -2.61. The summed E-state index contributed by atoms with van der Waals surface area (Å²) in [6.07, 6.45) is 0. The molecule has 0 saturated carbocycles. The van der Waals surface area contributed by atoms with Gasteiger partial charge in [-0.2, -0.15) is 0 Å². The minimum Gasteiger partial charge on any atom is -0.311 e. The molecule has 9 nitrogen and oxygen atoms in total. The van der Waals surface area contributed by atoms with Crippen LogP contribution >= 0.6 is 0 Å². The molecular weight excluding hydrogens is 1090 g/mol. The van der Waals surface area contributed by atoms with E-state index in [9.17, 15) is 0 Å². The molecule has 416 valence electrons. The number of aryl methyl sites for hydroxylation is 1. The number of benzene rings is 12. The number of anilines is 6. The van der Waals surface area contributed by atoms with Gasteiger partial charge in [-0.25, -0.2) is 29.9 Å². The van der Waals surface area contributed by atoms with Gasteiger partial charge in [0, 0.05) is 78.2 Å². The van der Waals surface area contributed by atoms with Crippen LogP contribution < -0.4 is 26.2 Å². The summed E-state index contributed by atoms with van der Waals surface area (Å²) in [5, 5.41) is 2.31. The first-order chi connectivity index (χ1) is 44.1. The van der Waals surface area contributed by atoms with Crippen molar-refractivity contribution in [2.45, 2.75) is 6.92 Å². The Morgan fingerprint density at radius 3 is 1.29 bits per heavy atom. The van der Waals surface area contributed by atoms with Crippen LogP contribution in [-0.2, 0) is 0 Å². The fraction of sp³-hybridized carbons (Fsp3) is 0.0127. The average molecular weight is 1140 g/mol. The maximum Gasteiger partial charge on any atom is 0.252 e. The van der Waals surface area contributed by atoms with Gasteiger partial charge in [-0.05, 0) is 108 Å². The van der Waals surface area contributed by atoms with E-state index in [1.807, 2.05) is 78.9 Å². The highest BCUT2D eigenvalue weighted by atomic mass is 15.2. The molecule has 2 aliphatic rings. The number of hydrogen-bond acceptors (Lipinski definition) is 8. The van der Waals surface area contributed by atoms with Gasteiger partial charge in [0.15, 0.2) is 34.9 Å². The Morgan fingerprint density at radius 2 is 0.708 bits per heavy atom. The number of rotatable bonds is 10. The van der Waals surface area contributed by atoms with Gasteiger partial charge in [0.05, 0.1) is 22.4 Å². The summed E-state index contributed by atoms with van der Waals surface area (Å²) < 4.78 is 2.34. The Balaban J connectivity index is 0.870. The van der Waals surface area contributed by atoms with Gasteiger partial charge in [-0.1, -0.05) is 224 Å². The Morgan fingerprint density at radius 1 is 0.281 bits per heavy atom. The molecule has 0 bridgehead atoms. The maximum atomic E-state index is 5.55. The standard InChI is InChI=1S/C79H52BN9/c1-51-39-46-67-62(49-51)61-33-17-20-36-66(61)89(67)68-47-44-57(78-83-74(53-23-7-2-8-24-53)81-75(84-78)54-25-9-3-10-26-54)50-63(68)79-85-76(55-27-11-4-12-28-55)82-77(86-79)56-42-40-52(41-43-56)60-45-48-71-72-73(60)88(59-31-15-6-16-32-59)70-38-22-19-35-65(70)80(72)64-34-18-21-37-69(64)87(71)58-29-13-5-14-30-58/h2-50H,1H3. The number of para-hydroxylation sites is 5. The number of hydrogen-bond donors (Lipinski definition) is 0. The van der Waals surface area contributed by atoms with Crippen molar-refractivity contribution >= 4 is 79.0 Å². The van der Waals surface area contributed by atoms with Crippen molar-refractivity contribution in [3.8, 4) is 85.1 Å². The van der Waals surface area contributed by atoms with Crippen molar-refractivity contribution in [3.05, 3.63) is 303 Å². The monoisotopic (exact) mass is 1140 g/mol. The molecule has 0 saturated heterocycles. The second kappa shape index (κ2) is 21.3. The lowest BCUT2D eigenvalue weighted by molar-refractivity contribution is 1.06. The molecule has 17 rings (SSSR count). The lowest BCUT2D eigenvalue weighted by Gasteiger charge is -2.45. The molecule has 0 aliphatic carbocycles. The van der Waals surface area contributed by atoms with E-state index in [4.69, 9.17) is 29.9 Å². The van der Waals surface area contributed by atoms with Crippen LogP contribution in [0.2, 0.25) is 0 Å². The molecule has 0 amide bonds. The first-order valence-electron chi connectivity index (χ1n) is 30.1. The third kappa shape index (κ3) is 8.79. The number of aromatic nitrogens is 7. The van der Waals surface area contributed by atoms with Crippen LogP contribution in [0.3, 0.4) is 0 Å². The van der Waals surface area contributed by atoms with E-state index >= 15 is 0 Å². The van der Waals surface area contributed by atoms with E-state index in [-0.39, 0.29) is 6.71 Å². The first kappa shape index (κ1) is 51.5. The van der Waals surface area contributed by atoms with Gasteiger partial charge in [-0.15, -0.1) is 0 Å². The normalized spacial score (nSPS) is 12.3. The molecule has 0 atom stereocenters. The summed E-state index contributed by atoms with van der Waals surface area (Å²) in [5.74, 6) is 3.26. The van der Waals surface area contributed by atoms with Crippen LogP contribution in [-0.4, -0.2) is 41.2 Å². The second-order valence-electron chi connectivity index (χ2n) is 22.7. The van der Waals surface area contributed by atoms with Crippen LogP contribution in [0.15, 0.2) is 297 Å². The van der Waals surface area contributed by atoms with E-state index in [2.05, 4.69) is 240 Å². The van der Waals surface area contributed by atoms with E-state index in [1.165, 1.54) is 27.6 Å². The quantitative estimate of drug-likeness (QED) is 0.125. The molecule has 12 aromatic carbocycles. The molecule has 0 unspecified atom stereocenters. The zero-order chi connectivity index (χ0) is 58.9. The van der Waals surface area contributed by atoms with Crippen molar-refractivity contribution < 1.29 is 0 Å². The van der Waals surface area contributed by atoms with Crippen molar-refractivity contribution in [2.24, 2.45) is 0 Å². The van der Waals surface area contributed by atoms with Gasteiger partial charge in [0.25, 0.3) is 6.71 Å². The predicted molar refractivity (Wildman–Crippen MR) is 364 cm³/mol. The van der Waals surface area contributed by atoms with Crippen LogP contribution in [0.25, 0.3) is 107 Å². The molecular formula is C79H52BN9. The number of fused-ring (bicyclic) bond motifs is 7. The van der Waals surface area contributed by atoms with Crippen molar-refractivity contribution in [3.63, 3.8) is 0 Å². The van der Waals surface area contributed by atoms with Gasteiger partial charge >= 0.3 is 0 Å². The maximum absolute atomic E-state index is 5.55. The zero-order valence-electron chi connectivity index (χ0n) is 48.4. The third-order valence-corrected chi connectivity index (χ3v) is 17.3. The topological polar surface area (TPSA) is 88.7 Å². The van der Waals surface area contributed by atoms with Gasteiger partial charge in [0.1, 0.15) is 0 Å². The van der Waals surface area contributed by atoms with Gasteiger partial charge in [-0.3, -0.25) is 0 Å². The number of nitrogens with zero attached hydrogens (tertiary/aromatic N) is 9. The molecule has 0 N–H and O–H groups in total. The van der Waals surface area contributed by atoms with Crippen molar-refractivity contribution in [2.75, 3.05) is 9.80 Å². The van der Waals surface area contributed by atoms with Crippen LogP contribution in [0.1, 0.15) is 5.56 Å². The summed E-state index contributed by atoms with van der Waals surface area (Å²) in [5.41, 5.74) is 22.0. The Kier molecular flexibility index (Phi) is 12.3. The molecule has 5 heterocycles. The molecule has 15 aromatic rings. The fourth-order valence-corrected chi connectivity index (χ4v) is 13.3. The molecule has 89 heavy (non-hydrogen) atoms. The Bertz CT molecular complexity index is 5150. The molecule has 0 spiro atoms. The molecule has 0 fully saturated rings. The van der Waals surface area contributed by atoms with Crippen molar-refractivity contribution in [1.82, 2.24) is 34.5 Å². The second-order valence-corrected chi connectivity index (χ2v) is 22.7. The summed E-state index contributed by atoms with van der Waals surface area (Å²) >= 11 is 0. The van der Waals surface area contributed by atoms with E-state index in [1.54, 1.807) is 0 Å². The van der Waals surface area contributed by atoms with Gasteiger partial charge < -0.3 is 14.4 Å². The molecule has 3 aromatic heterocycles. The fourth-order valence-electron chi connectivity index (χ4n) is 13.3. The summed E-state index contributed by atoms with van der Waals surface area (Å²) in [6, 6.07) is 105. The minimum absolute atomic E-state index is 0.0245. The van der Waals surface area contributed by atoms with Crippen LogP contribution in [0.4, 0.5) is 34.1 Å². The summed E-state index contributed by atoms with van der Waals surface area (Å²) in [6.45, 7) is 2.12. The minimum atomic E-state index is -0.0245. The van der Waals surface area contributed by atoms with E-state index < -0.39 is 0 Å². The van der Waals surface area contributed by atoms with Crippen molar-refractivity contribution in [1.29, 1.82) is 0 Å². The molecule has 10 heteroatoms. The van der Waals surface area contributed by atoms with Crippen LogP contribution in [0, 0.1) is 6.92 Å². The Labute approximate surface area is 515 Å². The SMILES string of the molecule is Cc1ccc2c(c1)c1ccccc1n2-c1ccc(-c2nc(-c3ccccc3)nc(-c3ccccc3)n2)cc1-c1nc(-c2ccccc2)nc(-c2ccc(-c3ccc4c5c3N(c3ccccc3)c3ccccc3B5c3ccccc3N4c3ccccc3)cc2)n1. The molecule has 2 aliphatic heterocycles. The third-order valence-electron chi connectivity index (χ3n) is 17.3. The highest BCUT2D eigenvalue weighted by Crippen LogP contribution is 2.48. The highest BCUT2D eigenvalue weighted by molar-refractivity contribution is 7.00. The largest absolute Gasteiger partial charge is 0.311 e. The smallest absolute Gasteiger partial charge is 0.252 e. The van der Waals surface area contributed by atoms with E-state index in [0.29, 0.717) is 34.9 Å². The first-order valence-corrected chi connectivity index (χ1v) is 30.1. The predicted octanol–water partition coefficient (Wildman–Crippen LogP) is 17.2. The Hall–Kier alpha value is -11.9. The van der Waals surface area contributed by atoms with E-state index in [0.717, 1.165) is 100 Å². The lowest BCUT2D eigenvalue weighted by atomic mass is 9.33. The van der Waals surface area contributed by atoms with Gasteiger partial charge in [0.2, 0.25) is 0 Å². The zero-order valence-corrected chi connectivity index (χ0v) is 48.4. The summed E-state index contributed by atoms with van der Waals surface area (Å²) in [7, 11) is 0. The average Bonchev–Trinajstić information content (AvgIpc) is 1.22. The molecule has 0 radical (unpaired) electrons. The van der Waals surface area contributed by atoms with Crippen LogP contribution in [0.5, 0.6) is 0 Å². The highest BCUT2D eigenvalue weighted by Gasteiger charge is 2.44.